The Hall–Kier alpha value is -2.08. The minimum atomic E-state index is -0.845. The summed E-state index contributed by atoms with van der Waals surface area (Å²) in [6.07, 6.45) is -0.616. The van der Waals surface area contributed by atoms with Crippen LogP contribution in [-0.4, -0.2) is 35.3 Å². The van der Waals surface area contributed by atoms with Gasteiger partial charge in [-0.3, -0.25) is 4.79 Å². The highest BCUT2D eigenvalue weighted by molar-refractivity contribution is 6.30. The lowest BCUT2D eigenvalue weighted by atomic mass is 10.1. The number of carboxylic acid groups (broad SMARTS) is 1. The fraction of sp³-hybridized carbons (Fsp3) is 0.316. The summed E-state index contributed by atoms with van der Waals surface area (Å²) in [6.45, 7) is 3.08. The van der Waals surface area contributed by atoms with E-state index in [2.05, 4.69) is 10.6 Å². The first-order valence-electron chi connectivity index (χ1n) is 8.15. The van der Waals surface area contributed by atoms with Crippen LogP contribution in [0.3, 0.4) is 0 Å². The summed E-state index contributed by atoms with van der Waals surface area (Å²) in [6, 6.07) is 14.7. The lowest BCUT2D eigenvalue weighted by molar-refractivity contribution is -0.136. The van der Waals surface area contributed by atoms with Crippen LogP contribution >= 0.6 is 11.6 Å². The molecule has 0 bridgehead atoms. The summed E-state index contributed by atoms with van der Waals surface area (Å²) in [5.41, 5.74) is 2.42. The molecule has 0 amide bonds. The Balaban J connectivity index is 1.78. The van der Waals surface area contributed by atoms with Crippen LogP contribution in [0.5, 0.6) is 0 Å². The Morgan fingerprint density at radius 1 is 1.16 bits per heavy atom. The molecule has 0 fully saturated rings. The maximum atomic E-state index is 10.8. The molecule has 5 nitrogen and oxygen atoms in total. The fourth-order valence-corrected chi connectivity index (χ4v) is 2.65. The average molecular weight is 363 g/mol. The SMILES string of the molecule is C[C@H](CNc1cccc(CC(=O)O)c1)NC[C@H](O)c1cccc(Cl)c1. The van der Waals surface area contributed by atoms with Gasteiger partial charge >= 0.3 is 5.97 Å². The van der Waals surface area contributed by atoms with Crippen LogP contribution in [-0.2, 0) is 11.2 Å². The van der Waals surface area contributed by atoms with Gasteiger partial charge in [0.25, 0.3) is 0 Å². The van der Waals surface area contributed by atoms with Gasteiger partial charge in [-0.05, 0) is 42.3 Å². The van der Waals surface area contributed by atoms with E-state index in [9.17, 15) is 9.90 Å². The van der Waals surface area contributed by atoms with Gasteiger partial charge in [-0.2, -0.15) is 0 Å². The lowest BCUT2D eigenvalue weighted by Gasteiger charge is -2.19. The number of carboxylic acids is 1. The second kappa shape index (κ2) is 9.42. The first kappa shape index (κ1) is 19.2. The first-order chi connectivity index (χ1) is 11.9. The van der Waals surface area contributed by atoms with Crippen molar-refractivity contribution in [2.24, 2.45) is 0 Å². The molecular weight excluding hydrogens is 340 g/mol. The number of rotatable bonds is 9. The van der Waals surface area contributed by atoms with Gasteiger partial charge in [-0.25, -0.2) is 0 Å². The van der Waals surface area contributed by atoms with Crippen molar-refractivity contribution in [1.82, 2.24) is 5.32 Å². The normalized spacial score (nSPS) is 13.2. The zero-order valence-corrected chi connectivity index (χ0v) is 14.8. The number of aliphatic hydroxyl groups is 1. The molecule has 25 heavy (non-hydrogen) atoms. The van der Waals surface area contributed by atoms with E-state index in [1.807, 2.05) is 37.3 Å². The summed E-state index contributed by atoms with van der Waals surface area (Å²) in [4.78, 5) is 10.8. The van der Waals surface area contributed by atoms with Gasteiger partial charge in [0, 0.05) is 29.8 Å². The van der Waals surface area contributed by atoms with Crippen molar-refractivity contribution in [2.45, 2.75) is 25.5 Å². The smallest absolute Gasteiger partial charge is 0.307 e. The van der Waals surface area contributed by atoms with E-state index < -0.39 is 12.1 Å². The largest absolute Gasteiger partial charge is 0.481 e. The first-order valence-corrected chi connectivity index (χ1v) is 8.53. The molecule has 0 unspecified atom stereocenters. The Kier molecular flexibility index (Phi) is 7.25. The molecule has 0 saturated heterocycles. The molecule has 0 radical (unpaired) electrons. The fourth-order valence-electron chi connectivity index (χ4n) is 2.45. The van der Waals surface area contributed by atoms with Gasteiger partial charge < -0.3 is 20.8 Å². The van der Waals surface area contributed by atoms with Gasteiger partial charge in [0.1, 0.15) is 0 Å². The molecule has 0 heterocycles. The van der Waals surface area contributed by atoms with Crippen molar-refractivity contribution >= 4 is 23.3 Å². The summed E-state index contributed by atoms with van der Waals surface area (Å²) in [7, 11) is 0. The highest BCUT2D eigenvalue weighted by Crippen LogP contribution is 2.17. The van der Waals surface area contributed by atoms with E-state index in [0.29, 0.717) is 18.1 Å². The predicted molar refractivity (Wildman–Crippen MR) is 100 cm³/mol. The summed E-state index contributed by atoms with van der Waals surface area (Å²) in [5.74, 6) is -0.845. The van der Waals surface area contributed by atoms with Crippen LogP contribution in [0, 0.1) is 0 Å². The van der Waals surface area contributed by atoms with Crippen molar-refractivity contribution in [2.75, 3.05) is 18.4 Å². The molecule has 134 valence electrons. The Labute approximate surface area is 152 Å². The molecule has 2 aromatic rings. The van der Waals surface area contributed by atoms with Gasteiger partial charge in [0.2, 0.25) is 0 Å². The monoisotopic (exact) mass is 362 g/mol. The number of hydrogen-bond acceptors (Lipinski definition) is 4. The van der Waals surface area contributed by atoms with Crippen LogP contribution < -0.4 is 10.6 Å². The number of aliphatic carboxylic acids is 1. The van der Waals surface area contributed by atoms with E-state index >= 15 is 0 Å². The van der Waals surface area contributed by atoms with Crippen LogP contribution in [0.4, 0.5) is 5.69 Å². The molecule has 6 heteroatoms. The third-order valence-corrected chi connectivity index (χ3v) is 4.02. The molecule has 0 spiro atoms. The topological polar surface area (TPSA) is 81.6 Å². The number of nitrogens with one attached hydrogen (secondary N) is 2. The number of benzene rings is 2. The molecule has 2 aromatic carbocycles. The summed E-state index contributed by atoms with van der Waals surface area (Å²) < 4.78 is 0. The zero-order chi connectivity index (χ0) is 18.2. The Bertz CT molecular complexity index is 709. The molecule has 0 aliphatic rings. The van der Waals surface area contributed by atoms with Crippen LogP contribution in [0.15, 0.2) is 48.5 Å². The minimum absolute atomic E-state index is 0.00908. The van der Waals surface area contributed by atoms with E-state index in [1.165, 1.54) is 0 Å². The molecule has 0 aliphatic carbocycles. The lowest BCUT2D eigenvalue weighted by Crippen LogP contribution is -2.35. The van der Waals surface area contributed by atoms with Crippen molar-refractivity contribution < 1.29 is 15.0 Å². The number of anilines is 1. The van der Waals surface area contributed by atoms with Crippen molar-refractivity contribution in [3.05, 3.63) is 64.7 Å². The zero-order valence-electron chi connectivity index (χ0n) is 14.1. The quantitative estimate of drug-likeness (QED) is 0.551. The third-order valence-electron chi connectivity index (χ3n) is 3.79. The molecule has 2 atom stereocenters. The predicted octanol–water partition coefficient (Wildman–Crippen LogP) is 3.09. The molecule has 4 N–H and O–H groups in total. The van der Waals surface area contributed by atoms with Gasteiger partial charge in [0.05, 0.1) is 12.5 Å². The number of carbonyl (C=O) groups is 1. The van der Waals surface area contributed by atoms with Crippen LogP contribution in [0.25, 0.3) is 0 Å². The van der Waals surface area contributed by atoms with E-state index in [1.54, 1.807) is 18.2 Å². The highest BCUT2D eigenvalue weighted by Gasteiger charge is 2.10. The number of halogens is 1. The van der Waals surface area contributed by atoms with Crippen LogP contribution in [0.1, 0.15) is 24.2 Å². The average Bonchev–Trinajstić information content (AvgIpc) is 2.57. The Morgan fingerprint density at radius 3 is 2.64 bits per heavy atom. The third kappa shape index (κ3) is 6.74. The number of hydrogen-bond donors (Lipinski definition) is 4. The van der Waals surface area contributed by atoms with Gasteiger partial charge in [0.15, 0.2) is 0 Å². The van der Waals surface area contributed by atoms with Crippen LogP contribution in [0.2, 0.25) is 5.02 Å². The van der Waals surface area contributed by atoms with Crippen molar-refractivity contribution in [3.63, 3.8) is 0 Å². The summed E-state index contributed by atoms with van der Waals surface area (Å²) >= 11 is 5.94. The standard InChI is InChI=1S/C19H23ClN2O3/c1-13(21-12-18(23)15-5-3-6-16(20)10-15)11-22-17-7-2-4-14(8-17)9-19(24)25/h2-8,10,13,18,21-23H,9,11-12H2,1H3,(H,24,25)/t13-,18+/m1/s1. The minimum Gasteiger partial charge on any atom is -0.481 e. The van der Waals surface area contributed by atoms with E-state index in [4.69, 9.17) is 16.7 Å². The molecule has 2 rings (SSSR count). The van der Waals surface area contributed by atoms with Gasteiger partial charge in [-0.1, -0.05) is 35.9 Å². The van der Waals surface area contributed by atoms with E-state index in [-0.39, 0.29) is 12.5 Å². The van der Waals surface area contributed by atoms with Crippen molar-refractivity contribution in [3.8, 4) is 0 Å². The molecule has 0 aliphatic heterocycles. The highest BCUT2D eigenvalue weighted by atomic mass is 35.5. The Morgan fingerprint density at radius 2 is 1.92 bits per heavy atom. The summed E-state index contributed by atoms with van der Waals surface area (Å²) in [5, 5.41) is 26.2. The molecular formula is C19H23ClN2O3. The molecule has 0 saturated carbocycles. The van der Waals surface area contributed by atoms with Crippen molar-refractivity contribution in [1.29, 1.82) is 0 Å². The van der Waals surface area contributed by atoms with Gasteiger partial charge in [-0.15, -0.1) is 0 Å². The second-order valence-corrected chi connectivity index (χ2v) is 6.47. The second-order valence-electron chi connectivity index (χ2n) is 6.03. The van der Waals surface area contributed by atoms with E-state index in [0.717, 1.165) is 16.8 Å². The maximum absolute atomic E-state index is 10.8. The molecule has 0 aromatic heterocycles. The number of aliphatic hydroxyl groups excluding tert-OH is 1. The maximum Gasteiger partial charge on any atom is 0.307 e.